The van der Waals surface area contributed by atoms with Gasteiger partial charge in [-0.15, -0.1) is 0 Å². The zero-order valence-corrected chi connectivity index (χ0v) is 8.96. The number of aryl methyl sites for hydroxylation is 2. The van der Waals surface area contributed by atoms with Gasteiger partial charge in [-0.05, 0) is 13.0 Å². The Morgan fingerprint density at radius 1 is 1.47 bits per heavy atom. The van der Waals surface area contributed by atoms with Crippen LogP contribution in [0.4, 0.5) is 0 Å². The number of aromatic nitrogens is 4. The summed E-state index contributed by atoms with van der Waals surface area (Å²) in [6.45, 7) is 2.91. The second kappa shape index (κ2) is 3.86. The van der Waals surface area contributed by atoms with Crippen molar-refractivity contribution >= 4 is 0 Å². The van der Waals surface area contributed by atoms with Gasteiger partial charge in [0.15, 0.2) is 0 Å². The van der Waals surface area contributed by atoms with Crippen molar-refractivity contribution < 1.29 is 0 Å². The van der Waals surface area contributed by atoms with Crippen molar-refractivity contribution in [3.05, 3.63) is 35.9 Å². The van der Waals surface area contributed by atoms with E-state index >= 15 is 0 Å². The van der Waals surface area contributed by atoms with E-state index in [1.165, 1.54) is 0 Å². The molecule has 0 aliphatic rings. The summed E-state index contributed by atoms with van der Waals surface area (Å²) in [5, 5.41) is 8.30. The molecule has 0 spiro atoms. The maximum absolute atomic E-state index is 6.12. The summed E-state index contributed by atoms with van der Waals surface area (Å²) >= 11 is 0. The zero-order valence-electron chi connectivity index (χ0n) is 8.96. The van der Waals surface area contributed by atoms with Crippen LogP contribution in [0.2, 0.25) is 0 Å². The first-order valence-corrected chi connectivity index (χ1v) is 4.98. The van der Waals surface area contributed by atoms with Gasteiger partial charge >= 0.3 is 0 Å². The molecular formula is C10H15N5. The highest BCUT2D eigenvalue weighted by Crippen LogP contribution is 2.17. The van der Waals surface area contributed by atoms with E-state index < -0.39 is 0 Å². The molecule has 2 heterocycles. The van der Waals surface area contributed by atoms with E-state index in [2.05, 4.69) is 10.2 Å². The average molecular weight is 205 g/mol. The maximum atomic E-state index is 6.12. The third-order valence-corrected chi connectivity index (χ3v) is 2.51. The third kappa shape index (κ3) is 1.78. The van der Waals surface area contributed by atoms with E-state index in [4.69, 9.17) is 5.73 Å². The molecule has 0 radical (unpaired) electrons. The van der Waals surface area contributed by atoms with Crippen LogP contribution in [-0.2, 0) is 13.6 Å². The molecule has 80 valence electrons. The van der Waals surface area contributed by atoms with Gasteiger partial charge in [0.2, 0.25) is 0 Å². The van der Waals surface area contributed by atoms with Crippen LogP contribution < -0.4 is 5.73 Å². The molecular weight excluding hydrogens is 190 g/mol. The smallest absolute Gasteiger partial charge is 0.0753 e. The highest BCUT2D eigenvalue weighted by molar-refractivity contribution is 5.22. The molecule has 5 heteroatoms. The summed E-state index contributed by atoms with van der Waals surface area (Å²) in [5.41, 5.74) is 8.12. The van der Waals surface area contributed by atoms with Crippen LogP contribution in [0.5, 0.6) is 0 Å². The average Bonchev–Trinajstić information content (AvgIpc) is 2.84. The maximum Gasteiger partial charge on any atom is 0.0753 e. The highest BCUT2D eigenvalue weighted by Gasteiger charge is 2.13. The summed E-state index contributed by atoms with van der Waals surface area (Å²) in [7, 11) is 1.89. The van der Waals surface area contributed by atoms with Crippen molar-refractivity contribution in [3.63, 3.8) is 0 Å². The summed E-state index contributed by atoms with van der Waals surface area (Å²) in [4.78, 5) is 0. The predicted octanol–water partition coefficient (Wildman–Crippen LogP) is 0.685. The Morgan fingerprint density at radius 2 is 2.27 bits per heavy atom. The molecule has 1 unspecified atom stereocenters. The SMILES string of the molecule is CCn1cc(C(N)c2ccnn2C)cn1. The molecule has 2 aromatic rings. The van der Waals surface area contributed by atoms with Crippen LogP contribution in [0.3, 0.4) is 0 Å². The summed E-state index contributed by atoms with van der Waals surface area (Å²) in [6, 6.07) is 1.77. The van der Waals surface area contributed by atoms with Crippen LogP contribution in [-0.4, -0.2) is 19.6 Å². The zero-order chi connectivity index (χ0) is 10.8. The minimum atomic E-state index is -0.155. The highest BCUT2D eigenvalue weighted by atomic mass is 15.3. The molecule has 15 heavy (non-hydrogen) atoms. The Kier molecular flexibility index (Phi) is 2.55. The molecule has 0 saturated carbocycles. The Labute approximate surface area is 88.5 Å². The van der Waals surface area contributed by atoms with Crippen molar-refractivity contribution in [2.24, 2.45) is 12.8 Å². The van der Waals surface area contributed by atoms with Crippen LogP contribution in [0.25, 0.3) is 0 Å². The standard InChI is InChI=1S/C10H15N5/c1-3-15-7-8(6-13-15)10(11)9-4-5-12-14(9)2/h4-7,10H,3,11H2,1-2H3. The molecule has 0 bridgehead atoms. The fraction of sp³-hybridized carbons (Fsp3) is 0.400. The summed E-state index contributed by atoms with van der Waals surface area (Å²) in [5.74, 6) is 0. The van der Waals surface area contributed by atoms with Crippen LogP contribution in [0.1, 0.15) is 24.2 Å². The van der Waals surface area contributed by atoms with E-state index in [0.717, 1.165) is 17.8 Å². The van der Waals surface area contributed by atoms with Crippen molar-refractivity contribution in [2.45, 2.75) is 19.5 Å². The topological polar surface area (TPSA) is 61.7 Å². The minimum Gasteiger partial charge on any atom is -0.319 e. The van der Waals surface area contributed by atoms with Gasteiger partial charge in [-0.1, -0.05) is 0 Å². The van der Waals surface area contributed by atoms with Crippen molar-refractivity contribution in [1.29, 1.82) is 0 Å². The fourth-order valence-electron chi connectivity index (χ4n) is 1.57. The normalized spacial score (nSPS) is 13.0. The quantitative estimate of drug-likeness (QED) is 0.801. The number of rotatable bonds is 3. The Bertz CT molecular complexity index is 442. The third-order valence-electron chi connectivity index (χ3n) is 2.51. The molecule has 2 rings (SSSR count). The largest absolute Gasteiger partial charge is 0.319 e. The lowest BCUT2D eigenvalue weighted by Crippen LogP contribution is -2.15. The molecule has 0 aromatic carbocycles. The summed E-state index contributed by atoms with van der Waals surface area (Å²) < 4.78 is 3.65. The Hall–Kier alpha value is -1.62. The van der Waals surface area contributed by atoms with Crippen molar-refractivity contribution in [1.82, 2.24) is 19.6 Å². The first kappa shape index (κ1) is 9.92. The van der Waals surface area contributed by atoms with Crippen molar-refractivity contribution in [2.75, 3.05) is 0 Å². The molecule has 2 aromatic heterocycles. The monoisotopic (exact) mass is 205 g/mol. The second-order valence-electron chi connectivity index (χ2n) is 3.49. The van der Waals surface area contributed by atoms with E-state index in [-0.39, 0.29) is 6.04 Å². The van der Waals surface area contributed by atoms with E-state index in [9.17, 15) is 0 Å². The van der Waals surface area contributed by atoms with Crippen LogP contribution >= 0.6 is 0 Å². The van der Waals surface area contributed by atoms with Gasteiger partial charge in [0.05, 0.1) is 17.9 Å². The molecule has 1 atom stereocenters. The van der Waals surface area contributed by atoms with Gasteiger partial charge in [0.1, 0.15) is 0 Å². The van der Waals surface area contributed by atoms with E-state index in [1.54, 1.807) is 17.1 Å². The first-order valence-electron chi connectivity index (χ1n) is 4.98. The molecule has 2 N–H and O–H groups in total. The molecule has 0 amide bonds. The molecule has 0 fully saturated rings. The van der Waals surface area contributed by atoms with Gasteiger partial charge in [-0.2, -0.15) is 10.2 Å². The van der Waals surface area contributed by atoms with Crippen molar-refractivity contribution in [3.8, 4) is 0 Å². The van der Waals surface area contributed by atoms with Gasteiger partial charge in [-0.3, -0.25) is 9.36 Å². The van der Waals surface area contributed by atoms with Gasteiger partial charge < -0.3 is 5.73 Å². The lowest BCUT2D eigenvalue weighted by Gasteiger charge is -2.09. The Morgan fingerprint density at radius 3 is 2.80 bits per heavy atom. The van der Waals surface area contributed by atoms with E-state index in [0.29, 0.717) is 0 Å². The molecule has 5 nitrogen and oxygen atoms in total. The predicted molar refractivity (Wildman–Crippen MR) is 57.1 cm³/mol. The Balaban J connectivity index is 2.28. The first-order chi connectivity index (χ1) is 7.22. The molecule has 0 aliphatic heterocycles. The number of nitrogens with zero attached hydrogens (tertiary/aromatic N) is 4. The number of hydrogen-bond donors (Lipinski definition) is 1. The second-order valence-corrected chi connectivity index (χ2v) is 3.49. The minimum absolute atomic E-state index is 0.155. The summed E-state index contributed by atoms with van der Waals surface area (Å²) in [6.07, 6.45) is 5.53. The number of nitrogens with two attached hydrogens (primary N) is 1. The van der Waals surface area contributed by atoms with Crippen LogP contribution in [0, 0.1) is 0 Å². The van der Waals surface area contributed by atoms with Gasteiger partial charge in [-0.25, -0.2) is 0 Å². The van der Waals surface area contributed by atoms with Crippen LogP contribution in [0.15, 0.2) is 24.7 Å². The fourth-order valence-corrected chi connectivity index (χ4v) is 1.57. The lowest BCUT2D eigenvalue weighted by atomic mass is 10.1. The molecule has 0 saturated heterocycles. The van der Waals surface area contributed by atoms with Gasteiger partial charge in [0, 0.05) is 31.5 Å². The van der Waals surface area contributed by atoms with Gasteiger partial charge in [0.25, 0.3) is 0 Å². The lowest BCUT2D eigenvalue weighted by molar-refractivity contribution is 0.654. The molecule has 0 aliphatic carbocycles. The van der Waals surface area contributed by atoms with E-state index in [1.807, 2.05) is 30.9 Å². The number of hydrogen-bond acceptors (Lipinski definition) is 3.